The Kier molecular flexibility index (Phi) is 4.50. The first-order chi connectivity index (χ1) is 9.08. The molecule has 0 fully saturated rings. The van der Waals surface area contributed by atoms with Crippen molar-refractivity contribution in [3.63, 3.8) is 0 Å². The minimum Gasteiger partial charge on any atom is -0.481 e. The number of rotatable bonds is 5. The summed E-state index contributed by atoms with van der Waals surface area (Å²) in [5.41, 5.74) is 2.96. The molecular weight excluding hydrogens is 284 g/mol. The number of thioether (sulfide) groups is 1. The van der Waals surface area contributed by atoms with Crippen molar-refractivity contribution in [3.8, 4) is 5.69 Å². The van der Waals surface area contributed by atoms with E-state index in [2.05, 4.69) is 4.98 Å². The summed E-state index contributed by atoms with van der Waals surface area (Å²) in [6, 6.07) is 7.99. The third-order valence-electron chi connectivity index (χ3n) is 2.59. The maximum Gasteiger partial charge on any atom is 0.313 e. The number of hydrogen-bond donors (Lipinski definition) is 1. The van der Waals surface area contributed by atoms with E-state index < -0.39 is 5.97 Å². The first-order valence-electron chi connectivity index (χ1n) is 5.66. The molecule has 1 heterocycles. The molecular formula is C13H13ClN2O2S. The highest BCUT2D eigenvalue weighted by molar-refractivity contribution is 7.99. The van der Waals surface area contributed by atoms with Gasteiger partial charge in [-0.25, -0.2) is 4.98 Å². The summed E-state index contributed by atoms with van der Waals surface area (Å²) in [7, 11) is 0. The Morgan fingerprint density at radius 3 is 2.74 bits per heavy atom. The molecule has 4 nitrogen and oxygen atoms in total. The molecule has 0 atom stereocenters. The highest BCUT2D eigenvalue weighted by atomic mass is 35.5. The van der Waals surface area contributed by atoms with E-state index in [4.69, 9.17) is 16.7 Å². The maximum atomic E-state index is 10.5. The monoisotopic (exact) mass is 296 g/mol. The average molecular weight is 297 g/mol. The van der Waals surface area contributed by atoms with Crippen LogP contribution >= 0.6 is 23.4 Å². The standard InChI is InChI=1S/C13H13ClN2O2S/c1-9-2-4-10(5-3-9)16-8-15-13(14)11(16)6-19-7-12(17)18/h2-5,8H,6-7H2,1H3,(H,17,18). The lowest BCUT2D eigenvalue weighted by Crippen LogP contribution is -2.02. The molecule has 2 aromatic rings. The number of carbonyl (C=O) groups is 1. The van der Waals surface area contributed by atoms with E-state index in [1.807, 2.05) is 35.8 Å². The third-order valence-corrected chi connectivity index (χ3v) is 3.84. The van der Waals surface area contributed by atoms with Crippen molar-refractivity contribution >= 4 is 29.3 Å². The fourth-order valence-corrected chi connectivity index (χ4v) is 2.67. The summed E-state index contributed by atoms with van der Waals surface area (Å²) in [6.07, 6.45) is 1.66. The van der Waals surface area contributed by atoms with Gasteiger partial charge in [0.05, 0.1) is 11.4 Å². The molecule has 0 saturated heterocycles. The number of aryl methyl sites for hydroxylation is 1. The van der Waals surface area contributed by atoms with Crippen molar-refractivity contribution < 1.29 is 9.90 Å². The van der Waals surface area contributed by atoms with Crippen LogP contribution < -0.4 is 0 Å². The lowest BCUT2D eigenvalue weighted by atomic mass is 10.2. The molecule has 1 N–H and O–H groups in total. The van der Waals surface area contributed by atoms with Gasteiger partial charge in [0, 0.05) is 11.4 Å². The second-order valence-corrected chi connectivity index (χ2v) is 5.42. The van der Waals surface area contributed by atoms with E-state index in [1.165, 1.54) is 17.3 Å². The zero-order chi connectivity index (χ0) is 13.8. The molecule has 1 aromatic heterocycles. The van der Waals surface area contributed by atoms with Crippen molar-refractivity contribution in [2.45, 2.75) is 12.7 Å². The third kappa shape index (κ3) is 3.52. The molecule has 19 heavy (non-hydrogen) atoms. The molecule has 0 aliphatic rings. The van der Waals surface area contributed by atoms with Crippen LogP contribution in [0, 0.1) is 6.92 Å². The fraction of sp³-hybridized carbons (Fsp3) is 0.231. The number of imidazole rings is 1. The topological polar surface area (TPSA) is 55.1 Å². The van der Waals surface area contributed by atoms with Crippen molar-refractivity contribution in [2.75, 3.05) is 5.75 Å². The lowest BCUT2D eigenvalue weighted by molar-refractivity contribution is -0.133. The Morgan fingerprint density at radius 2 is 2.11 bits per heavy atom. The summed E-state index contributed by atoms with van der Waals surface area (Å²) >= 11 is 7.35. The van der Waals surface area contributed by atoms with Gasteiger partial charge < -0.3 is 9.67 Å². The van der Waals surface area contributed by atoms with Crippen LogP contribution in [0.2, 0.25) is 5.15 Å². The normalized spacial score (nSPS) is 10.6. The summed E-state index contributed by atoms with van der Waals surface area (Å²) in [4.78, 5) is 14.6. The highest BCUT2D eigenvalue weighted by Crippen LogP contribution is 2.23. The molecule has 0 bridgehead atoms. The Bertz CT molecular complexity index is 581. The van der Waals surface area contributed by atoms with Gasteiger partial charge in [0.25, 0.3) is 0 Å². The van der Waals surface area contributed by atoms with E-state index in [1.54, 1.807) is 6.33 Å². The number of benzene rings is 1. The summed E-state index contributed by atoms with van der Waals surface area (Å²) < 4.78 is 1.89. The van der Waals surface area contributed by atoms with Crippen molar-refractivity contribution in [1.29, 1.82) is 0 Å². The smallest absolute Gasteiger partial charge is 0.313 e. The van der Waals surface area contributed by atoms with Gasteiger partial charge in [-0.15, -0.1) is 11.8 Å². The minimum absolute atomic E-state index is 0.0510. The first-order valence-corrected chi connectivity index (χ1v) is 7.19. The lowest BCUT2D eigenvalue weighted by Gasteiger charge is -2.08. The van der Waals surface area contributed by atoms with Gasteiger partial charge in [-0.3, -0.25) is 4.79 Å². The average Bonchev–Trinajstić information content (AvgIpc) is 2.72. The summed E-state index contributed by atoms with van der Waals surface area (Å²) in [5.74, 6) is -0.267. The zero-order valence-corrected chi connectivity index (χ0v) is 11.9. The van der Waals surface area contributed by atoms with Crippen molar-refractivity contribution in [3.05, 3.63) is 47.0 Å². The largest absolute Gasteiger partial charge is 0.481 e. The molecule has 0 unspecified atom stereocenters. The SMILES string of the molecule is Cc1ccc(-n2cnc(Cl)c2CSCC(=O)O)cc1. The van der Waals surface area contributed by atoms with Crippen molar-refractivity contribution in [1.82, 2.24) is 9.55 Å². The van der Waals surface area contributed by atoms with Crippen LogP contribution in [0.15, 0.2) is 30.6 Å². The predicted octanol–water partition coefficient (Wildman–Crippen LogP) is 3.15. The molecule has 100 valence electrons. The van der Waals surface area contributed by atoms with Crippen LogP contribution in [-0.2, 0) is 10.5 Å². The van der Waals surface area contributed by atoms with Gasteiger partial charge in [-0.1, -0.05) is 29.3 Å². The van der Waals surface area contributed by atoms with Crippen LogP contribution in [0.3, 0.4) is 0 Å². The zero-order valence-electron chi connectivity index (χ0n) is 10.3. The van der Waals surface area contributed by atoms with Gasteiger partial charge in [-0.2, -0.15) is 0 Å². The molecule has 0 aliphatic heterocycles. The van der Waals surface area contributed by atoms with Crippen molar-refractivity contribution in [2.24, 2.45) is 0 Å². The van der Waals surface area contributed by atoms with Crippen LogP contribution in [0.4, 0.5) is 0 Å². The van der Waals surface area contributed by atoms with Gasteiger partial charge in [0.1, 0.15) is 6.33 Å². The van der Waals surface area contributed by atoms with E-state index in [0.717, 1.165) is 11.4 Å². The summed E-state index contributed by atoms with van der Waals surface area (Å²) in [5, 5.41) is 9.07. The Hall–Kier alpha value is -1.46. The number of hydrogen-bond acceptors (Lipinski definition) is 3. The molecule has 2 rings (SSSR count). The molecule has 0 amide bonds. The van der Waals surface area contributed by atoms with Crippen LogP contribution in [0.25, 0.3) is 5.69 Å². The molecule has 1 aromatic carbocycles. The number of aromatic nitrogens is 2. The van der Waals surface area contributed by atoms with Gasteiger partial charge >= 0.3 is 5.97 Å². The van der Waals surface area contributed by atoms with Crippen LogP contribution in [-0.4, -0.2) is 26.4 Å². The minimum atomic E-state index is -0.831. The predicted molar refractivity (Wildman–Crippen MR) is 77.1 cm³/mol. The second-order valence-electron chi connectivity index (χ2n) is 4.07. The number of carboxylic acids is 1. The van der Waals surface area contributed by atoms with Gasteiger partial charge in [-0.05, 0) is 19.1 Å². The molecule has 0 radical (unpaired) electrons. The van der Waals surface area contributed by atoms with E-state index >= 15 is 0 Å². The number of aliphatic carboxylic acids is 1. The molecule has 0 aliphatic carbocycles. The van der Waals surface area contributed by atoms with Crippen LogP contribution in [0.5, 0.6) is 0 Å². The van der Waals surface area contributed by atoms with Gasteiger partial charge in [0.15, 0.2) is 5.15 Å². The van der Waals surface area contributed by atoms with E-state index in [-0.39, 0.29) is 5.75 Å². The Balaban J connectivity index is 2.21. The number of nitrogens with zero attached hydrogens (tertiary/aromatic N) is 2. The number of carboxylic acid groups (broad SMARTS) is 1. The van der Waals surface area contributed by atoms with E-state index in [0.29, 0.717) is 10.9 Å². The van der Waals surface area contributed by atoms with E-state index in [9.17, 15) is 4.79 Å². The molecule has 6 heteroatoms. The Morgan fingerprint density at radius 1 is 1.42 bits per heavy atom. The highest BCUT2D eigenvalue weighted by Gasteiger charge is 2.11. The van der Waals surface area contributed by atoms with Gasteiger partial charge in [0.2, 0.25) is 0 Å². The first kappa shape index (κ1) is 14.0. The molecule has 0 spiro atoms. The fourth-order valence-electron chi connectivity index (χ4n) is 1.64. The summed E-state index contributed by atoms with van der Waals surface area (Å²) in [6.45, 7) is 2.02. The van der Waals surface area contributed by atoms with Crippen LogP contribution in [0.1, 0.15) is 11.3 Å². The number of halogens is 1. The maximum absolute atomic E-state index is 10.5. The quantitative estimate of drug-likeness (QED) is 0.921. The Labute approximate surface area is 120 Å². The second kappa shape index (κ2) is 6.12. The molecule has 0 saturated carbocycles.